The zero-order valence-electron chi connectivity index (χ0n) is 33.2. The zero-order chi connectivity index (χ0) is 49.0. The van der Waals surface area contributed by atoms with Crippen LogP contribution in [-0.4, -0.2) is 118 Å². The molecule has 9 N–H and O–H groups in total. The quantitative estimate of drug-likeness (QED) is 0.0376. The minimum absolute atomic E-state index is 0.0324. The standard InChI is InChI=1S/C37H30N8O19S3/c46-9-11-63-28-17-27(29(64-12-10-47)16-26(28)40-39-25-8-6-22(66(57,58)59)15-24(25)36(50)51)41-42-31-30(67(60,61)62)14-18-13-20(3-7-23(18)34(31)48)45-35(49)32(33(44-45)37(52)53)43-38-19-1-4-21(5-2-19)65(54,55)56/h1-8,13-17,46-49H,9-12H2,(H,50,51)(H,52,53)(H,54,55,56)(H,57,58,59)(H,60,61,62)/b40-39+,42-41+,43-38+. The highest BCUT2D eigenvalue weighted by molar-refractivity contribution is 7.86. The Hall–Kier alpha value is -7.84. The van der Waals surface area contributed by atoms with Crippen molar-refractivity contribution in [2.24, 2.45) is 30.7 Å². The molecule has 0 spiro atoms. The first-order valence-corrected chi connectivity index (χ1v) is 22.5. The SMILES string of the molecule is O=C(O)c1cc(S(=O)(=O)O)ccc1/N=N/c1cc(OCCO)c(/N=N/c2c(S(=O)(=O)O)cc3cc(-n4nc(C(=O)O)c(/N=N/c5ccc(S(=O)(=O)O)cc5)c4O)ccc3c2O)cc1OCCO. The number of aromatic carboxylic acids is 2. The Labute approximate surface area is 375 Å². The van der Waals surface area contributed by atoms with E-state index < -0.39 is 117 Å². The summed E-state index contributed by atoms with van der Waals surface area (Å²) < 4.78 is 112. The number of aliphatic hydroxyl groups excluding tert-OH is 2. The number of rotatable bonds is 18. The topological polar surface area (TPSA) is 429 Å². The van der Waals surface area contributed by atoms with Gasteiger partial charge in [-0.15, -0.1) is 25.6 Å². The Morgan fingerprint density at radius 2 is 1.15 bits per heavy atom. The Bertz CT molecular complexity index is 3400. The summed E-state index contributed by atoms with van der Waals surface area (Å²) in [5.74, 6) is -5.62. The van der Waals surface area contributed by atoms with Gasteiger partial charge in [0, 0.05) is 17.5 Å². The molecule has 1 aromatic heterocycles. The van der Waals surface area contributed by atoms with E-state index in [2.05, 4.69) is 35.8 Å². The molecule has 0 fully saturated rings. The van der Waals surface area contributed by atoms with Gasteiger partial charge in [0.15, 0.2) is 11.4 Å². The van der Waals surface area contributed by atoms with E-state index in [4.69, 9.17) is 9.47 Å². The lowest BCUT2D eigenvalue weighted by atomic mass is 10.1. The van der Waals surface area contributed by atoms with Gasteiger partial charge >= 0.3 is 11.9 Å². The lowest BCUT2D eigenvalue weighted by Gasteiger charge is -2.13. The average Bonchev–Trinajstić information content (AvgIpc) is 3.60. The van der Waals surface area contributed by atoms with Crippen molar-refractivity contribution in [3.05, 3.63) is 90.1 Å². The Morgan fingerprint density at radius 1 is 0.597 bits per heavy atom. The van der Waals surface area contributed by atoms with Crippen LogP contribution in [0.1, 0.15) is 20.8 Å². The third-order valence-corrected chi connectivity index (χ3v) is 11.3. The predicted molar refractivity (Wildman–Crippen MR) is 225 cm³/mol. The van der Waals surface area contributed by atoms with Gasteiger partial charge < -0.3 is 40.1 Å². The number of phenols is 1. The number of fused-ring (bicyclic) bond motifs is 1. The highest BCUT2D eigenvalue weighted by Crippen LogP contribution is 2.46. The Balaban J connectivity index is 1.42. The van der Waals surface area contributed by atoms with Crippen LogP contribution in [0, 0.1) is 0 Å². The van der Waals surface area contributed by atoms with Crippen molar-refractivity contribution < 1.29 is 88.6 Å². The molecule has 0 radical (unpaired) electrons. The number of hydrogen-bond donors (Lipinski definition) is 9. The van der Waals surface area contributed by atoms with E-state index >= 15 is 0 Å². The van der Waals surface area contributed by atoms with Gasteiger partial charge in [0.2, 0.25) is 11.6 Å². The molecule has 0 aliphatic carbocycles. The Kier molecular flexibility index (Phi) is 14.0. The number of benzene rings is 5. The second-order valence-corrected chi connectivity index (χ2v) is 17.4. The molecule has 0 atom stereocenters. The fraction of sp³-hybridized carbons (Fsp3) is 0.108. The normalized spacial score (nSPS) is 12.4. The van der Waals surface area contributed by atoms with E-state index in [1.807, 2.05) is 0 Å². The number of phenolic OH excluding ortho intramolecular Hbond substituents is 1. The van der Waals surface area contributed by atoms with Crippen LogP contribution in [0.4, 0.5) is 34.1 Å². The molecule has 30 heteroatoms. The van der Waals surface area contributed by atoms with E-state index in [1.54, 1.807) is 0 Å². The summed E-state index contributed by atoms with van der Waals surface area (Å²) in [5.41, 5.74) is -4.14. The van der Waals surface area contributed by atoms with Gasteiger partial charge in [0.05, 0.1) is 39.9 Å². The second kappa shape index (κ2) is 19.3. The number of hydrogen-bond acceptors (Lipinski definition) is 21. The smallest absolute Gasteiger partial charge is 0.358 e. The van der Waals surface area contributed by atoms with Gasteiger partial charge in [-0.05, 0) is 72.1 Å². The second-order valence-electron chi connectivity index (χ2n) is 13.2. The maximum absolute atomic E-state index is 12.8. The van der Waals surface area contributed by atoms with Crippen LogP contribution >= 0.6 is 0 Å². The molecule has 350 valence electrons. The van der Waals surface area contributed by atoms with Crippen molar-refractivity contribution in [2.75, 3.05) is 26.4 Å². The highest BCUT2D eigenvalue weighted by Gasteiger charge is 2.27. The molecule has 6 aromatic rings. The largest absolute Gasteiger partial charge is 0.505 e. The number of ether oxygens (including phenoxy) is 2. The molecule has 0 amide bonds. The number of aliphatic hydroxyl groups is 2. The van der Waals surface area contributed by atoms with Gasteiger partial charge in [-0.1, -0.05) is 0 Å². The number of carboxylic acid groups (broad SMARTS) is 2. The molecule has 0 saturated heterocycles. The van der Waals surface area contributed by atoms with Gasteiger partial charge in [-0.2, -0.15) is 40.1 Å². The maximum atomic E-state index is 12.8. The molecule has 0 bridgehead atoms. The fourth-order valence-electron chi connectivity index (χ4n) is 5.76. The van der Waals surface area contributed by atoms with Crippen LogP contribution in [0.15, 0.2) is 124 Å². The summed E-state index contributed by atoms with van der Waals surface area (Å²) in [6.45, 7) is -1.88. The third-order valence-electron chi connectivity index (χ3n) is 8.75. The summed E-state index contributed by atoms with van der Waals surface area (Å²) in [6.07, 6.45) is 0. The van der Waals surface area contributed by atoms with E-state index in [-0.39, 0.29) is 51.6 Å². The molecular weight excluding hydrogens is 957 g/mol. The molecule has 1 heterocycles. The minimum atomic E-state index is -5.27. The van der Waals surface area contributed by atoms with Gasteiger partial charge in [0.1, 0.15) is 52.4 Å². The first-order chi connectivity index (χ1) is 31.5. The number of carbonyl (C=O) groups is 2. The van der Waals surface area contributed by atoms with Crippen LogP contribution < -0.4 is 9.47 Å². The van der Waals surface area contributed by atoms with E-state index in [0.29, 0.717) is 10.7 Å². The van der Waals surface area contributed by atoms with Crippen molar-refractivity contribution in [3.63, 3.8) is 0 Å². The van der Waals surface area contributed by atoms with Gasteiger partial charge in [0.25, 0.3) is 30.4 Å². The highest BCUT2D eigenvalue weighted by atomic mass is 32.2. The van der Waals surface area contributed by atoms with Crippen molar-refractivity contribution in [3.8, 4) is 28.8 Å². The molecule has 0 aliphatic heterocycles. The Morgan fingerprint density at radius 3 is 1.69 bits per heavy atom. The average molecular weight is 987 g/mol. The lowest BCUT2D eigenvalue weighted by Crippen LogP contribution is -2.04. The monoisotopic (exact) mass is 986 g/mol. The van der Waals surface area contributed by atoms with Crippen molar-refractivity contribution in [1.29, 1.82) is 0 Å². The predicted octanol–water partition coefficient (Wildman–Crippen LogP) is 5.56. The molecule has 0 saturated carbocycles. The van der Waals surface area contributed by atoms with Crippen molar-refractivity contribution in [1.82, 2.24) is 9.78 Å². The van der Waals surface area contributed by atoms with Crippen LogP contribution in [0.2, 0.25) is 0 Å². The zero-order valence-corrected chi connectivity index (χ0v) is 35.7. The van der Waals surface area contributed by atoms with E-state index in [1.165, 1.54) is 12.1 Å². The third kappa shape index (κ3) is 11.0. The van der Waals surface area contributed by atoms with Gasteiger partial charge in [-0.3, -0.25) is 13.7 Å². The van der Waals surface area contributed by atoms with Crippen LogP contribution in [0.25, 0.3) is 16.5 Å². The first kappa shape index (κ1) is 48.6. The summed E-state index contributed by atoms with van der Waals surface area (Å²) >= 11 is 0. The molecule has 27 nitrogen and oxygen atoms in total. The first-order valence-electron chi connectivity index (χ1n) is 18.2. The molecule has 6 rings (SSSR count). The molecule has 0 aliphatic rings. The van der Waals surface area contributed by atoms with Crippen LogP contribution in [0.3, 0.4) is 0 Å². The summed E-state index contributed by atoms with van der Waals surface area (Å²) in [7, 11) is -14.6. The number of aromatic hydroxyl groups is 2. The number of carboxylic acids is 2. The molecular formula is C37H30N8O19S3. The summed E-state index contributed by atoms with van der Waals surface area (Å²) in [5, 5.41) is 87.5. The number of nitrogens with zero attached hydrogens (tertiary/aromatic N) is 8. The fourth-order valence-corrected chi connectivity index (χ4v) is 7.40. The molecule has 5 aromatic carbocycles. The maximum Gasteiger partial charge on any atom is 0.358 e. The van der Waals surface area contributed by atoms with Crippen LogP contribution in [-0.2, 0) is 30.4 Å². The summed E-state index contributed by atoms with van der Waals surface area (Å²) in [6, 6.07) is 13.1. The van der Waals surface area contributed by atoms with Gasteiger partial charge in [-0.25, -0.2) is 9.59 Å². The summed E-state index contributed by atoms with van der Waals surface area (Å²) in [4.78, 5) is 21.7. The molecule has 0 unspecified atom stereocenters. The van der Waals surface area contributed by atoms with Crippen LogP contribution in [0.5, 0.6) is 23.1 Å². The molecule has 67 heavy (non-hydrogen) atoms. The number of azo groups is 3. The van der Waals surface area contributed by atoms with Crippen molar-refractivity contribution in [2.45, 2.75) is 14.7 Å². The number of aromatic nitrogens is 2. The van der Waals surface area contributed by atoms with Crippen molar-refractivity contribution >= 4 is 87.2 Å². The van der Waals surface area contributed by atoms with E-state index in [9.17, 15) is 79.1 Å². The van der Waals surface area contributed by atoms with E-state index in [0.717, 1.165) is 60.7 Å². The lowest BCUT2D eigenvalue weighted by molar-refractivity contribution is 0.0682. The minimum Gasteiger partial charge on any atom is -0.505 e.